The number of carbonyl (C=O) groups is 1. The first-order chi connectivity index (χ1) is 15.6. The van der Waals surface area contributed by atoms with Crippen molar-refractivity contribution in [3.05, 3.63) is 89.0 Å². The number of rotatable bonds is 7. The van der Waals surface area contributed by atoms with Gasteiger partial charge < -0.3 is 9.47 Å². The first-order valence-corrected chi connectivity index (χ1v) is 10.4. The van der Waals surface area contributed by atoms with E-state index in [2.05, 4.69) is 9.97 Å². The molecule has 0 atom stereocenters. The van der Waals surface area contributed by atoms with Crippen LogP contribution in [0.15, 0.2) is 54.9 Å². The Morgan fingerprint density at radius 1 is 1.06 bits per heavy atom. The second-order valence-corrected chi connectivity index (χ2v) is 7.34. The van der Waals surface area contributed by atoms with Gasteiger partial charge in [-0.3, -0.25) is 4.98 Å². The highest BCUT2D eigenvalue weighted by Crippen LogP contribution is 2.42. The Hall–Kier alpha value is -3.61. The molecule has 7 heteroatoms. The zero-order chi connectivity index (χ0) is 22.5. The molecule has 0 aliphatic heterocycles. The molecule has 164 valence electrons. The summed E-state index contributed by atoms with van der Waals surface area (Å²) in [7, 11) is 0. The predicted octanol–water partition coefficient (Wildman–Crippen LogP) is 5.61. The van der Waals surface area contributed by atoms with E-state index >= 15 is 0 Å². The smallest absolute Gasteiger partial charge is 0.358 e. The molecule has 1 aromatic heterocycles. The van der Waals surface area contributed by atoms with Gasteiger partial charge in [0.25, 0.3) is 0 Å². The normalized spacial score (nSPS) is 13.3. The fourth-order valence-corrected chi connectivity index (χ4v) is 3.79. The number of esters is 1. The predicted molar refractivity (Wildman–Crippen MR) is 116 cm³/mol. The van der Waals surface area contributed by atoms with Gasteiger partial charge in [0.05, 0.1) is 24.7 Å². The average molecular weight is 436 g/mol. The van der Waals surface area contributed by atoms with Crippen molar-refractivity contribution >= 4 is 17.1 Å². The van der Waals surface area contributed by atoms with E-state index in [0.717, 1.165) is 54.2 Å². The molecule has 0 saturated heterocycles. The van der Waals surface area contributed by atoms with Crippen molar-refractivity contribution < 1.29 is 23.0 Å². The van der Waals surface area contributed by atoms with E-state index in [1.807, 2.05) is 18.2 Å². The number of aromatic nitrogens is 2. The van der Waals surface area contributed by atoms with Gasteiger partial charge in [-0.2, -0.15) is 0 Å². The van der Waals surface area contributed by atoms with Crippen LogP contribution in [0.2, 0.25) is 0 Å². The number of nitrogens with zero attached hydrogens (tertiary/aromatic N) is 2. The van der Waals surface area contributed by atoms with Gasteiger partial charge in [0.2, 0.25) is 0 Å². The van der Waals surface area contributed by atoms with Crippen LogP contribution in [0.25, 0.3) is 11.1 Å². The molecular formula is C25H22F2N2O3. The zero-order valence-corrected chi connectivity index (χ0v) is 17.6. The number of hydrogen-bond donors (Lipinski definition) is 0. The lowest BCUT2D eigenvalue weighted by Crippen LogP contribution is -2.09. The van der Waals surface area contributed by atoms with E-state index in [-0.39, 0.29) is 24.5 Å². The van der Waals surface area contributed by atoms with E-state index in [1.54, 1.807) is 19.2 Å². The van der Waals surface area contributed by atoms with E-state index in [9.17, 15) is 13.6 Å². The summed E-state index contributed by atoms with van der Waals surface area (Å²) in [6.45, 7) is 1.90. The van der Waals surface area contributed by atoms with Gasteiger partial charge in [-0.1, -0.05) is 18.2 Å². The summed E-state index contributed by atoms with van der Waals surface area (Å²) in [5, 5.41) is 0. The highest BCUT2D eigenvalue weighted by molar-refractivity contribution is 5.94. The summed E-state index contributed by atoms with van der Waals surface area (Å²) >= 11 is 0. The van der Waals surface area contributed by atoms with Gasteiger partial charge in [0, 0.05) is 11.1 Å². The van der Waals surface area contributed by atoms with Gasteiger partial charge >= 0.3 is 5.97 Å². The second-order valence-electron chi connectivity index (χ2n) is 7.34. The van der Waals surface area contributed by atoms with Crippen LogP contribution in [0.3, 0.4) is 0 Å². The maximum Gasteiger partial charge on any atom is 0.358 e. The lowest BCUT2D eigenvalue weighted by Gasteiger charge is -2.15. The van der Waals surface area contributed by atoms with Crippen LogP contribution >= 0.6 is 0 Å². The van der Waals surface area contributed by atoms with Crippen molar-refractivity contribution in [3.63, 3.8) is 0 Å². The third kappa shape index (κ3) is 4.66. The minimum Gasteiger partial charge on any atom is -0.488 e. The van der Waals surface area contributed by atoms with Crippen LogP contribution in [0.4, 0.5) is 8.78 Å². The summed E-state index contributed by atoms with van der Waals surface area (Å²) in [6, 6.07) is 10.8. The SMILES string of the molecule is CCOC(=O)c1cncc(C2=C(c3ccccc3OCc3cc(F)ccc3F)CCC2)n1. The van der Waals surface area contributed by atoms with Crippen molar-refractivity contribution in [2.24, 2.45) is 0 Å². The summed E-state index contributed by atoms with van der Waals surface area (Å²) < 4.78 is 38.4. The fraction of sp³-hybridized carbons (Fsp3) is 0.240. The molecular weight excluding hydrogens is 414 g/mol. The van der Waals surface area contributed by atoms with Crippen molar-refractivity contribution in [2.75, 3.05) is 6.61 Å². The number of halogens is 2. The summed E-state index contributed by atoms with van der Waals surface area (Å²) in [6.07, 6.45) is 5.53. The monoisotopic (exact) mass is 436 g/mol. The molecule has 0 amide bonds. The fourth-order valence-electron chi connectivity index (χ4n) is 3.79. The summed E-state index contributed by atoms with van der Waals surface area (Å²) in [5.74, 6) is -0.974. The Labute approximate surface area is 184 Å². The Morgan fingerprint density at radius 2 is 1.88 bits per heavy atom. The van der Waals surface area contributed by atoms with E-state index in [1.165, 1.54) is 6.20 Å². The van der Waals surface area contributed by atoms with Crippen LogP contribution in [0, 0.1) is 11.6 Å². The maximum absolute atomic E-state index is 14.0. The van der Waals surface area contributed by atoms with Crippen molar-refractivity contribution in [1.29, 1.82) is 0 Å². The maximum atomic E-state index is 14.0. The average Bonchev–Trinajstić information content (AvgIpc) is 3.30. The third-order valence-corrected chi connectivity index (χ3v) is 5.25. The lowest BCUT2D eigenvalue weighted by atomic mass is 9.99. The molecule has 0 N–H and O–H groups in total. The van der Waals surface area contributed by atoms with Gasteiger partial charge in [-0.05, 0) is 61.6 Å². The van der Waals surface area contributed by atoms with Crippen LogP contribution < -0.4 is 4.74 Å². The van der Waals surface area contributed by atoms with E-state index in [4.69, 9.17) is 9.47 Å². The Balaban J connectivity index is 1.66. The minimum absolute atomic E-state index is 0.0959. The number of benzene rings is 2. The number of para-hydroxylation sites is 1. The molecule has 5 nitrogen and oxygen atoms in total. The van der Waals surface area contributed by atoms with Crippen molar-refractivity contribution in [2.45, 2.75) is 32.8 Å². The number of ether oxygens (including phenoxy) is 2. The third-order valence-electron chi connectivity index (χ3n) is 5.25. The Bertz CT molecular complexity index is 1180. The molecule has 0 bridgehead atoms. The first kappa shape index (κ1) is 21.6. The highest BCUT2D eigenvalue weighted by atomic mass is 19.1. The van der Waals surface area contributed by atoms with Crippen LogP contribution in [-0.4, -0.2) is 22.5 Å². The number of hydrogen-bond acceptors (Lipinski definition) is 5. The molecule has 1 heterocycles. The Kier molecular flexibility index (Phi) is 6.54. The molecule has 0 saturated carbocycles. The number of carbonyl (C=O) groups excluding carboxylic acids is 1. The lowest BCUT2D eigenvalue weighted by molar-refractivity contribution is 0.0518. The second kappa shape index (κ2) is 9.68. The van der Waals surface area contributed by atoms with Crippen molar-refractivity contribution in [3.8, 4) is 5.75 Å². The molecule has 3 aromatic rings. The van der Waals surface area contributed by atoms with Gasteiger partial charge in [-0.25, -0.2) is 18.6 Å². The van der Waals surface area contributed by atoms with Crippen LogP contribution in [-0.2, 0) is 11.3 Å². The van der Waals surface area contributed by atoms with Crippen LogP contribution in [0.5, 0.6) is 5.75 Å². The minimum atomic E-state index is -0.518. The Morgan fingerprint density at radius 3 is 2.72 bits per heavy atom. The van der Waals surface area contributed by atoms with Crippen molar-refractivity contribution in [1.82, 2.24) is 9.97 Å². The molecule has 0 unspecified atom stereocenters. The molecule has 0 radical (unpaired) electrons. The molecule has 0 spiro atoms. The summed E-state index contributed by atoms with van der Waals surface area (Å²) in [4.78, 5) is 20.7. The quantitative estimate of drug-likeness (QED) is 0.451. The van der Waals surface area contributed by atoms with Crippen LogP contribution in [0.1, 0.15) is 53.5 Å². The molecule has 32 heavy (non-hydrogen) atoms. The molecule has 2 aromatic carbocycles. The zero-order valence-electron chi connectivity index (χ0n) is 17.6. The number of allylic oxidation sites excluding steroid dienone is 2. The van der Waals surface area contributed by atoms with Gasteiger partial charge in [-0.15, -0.1) is 0 Å². The summed E-state index contributed by atoms with van der Waals surface area (Å²) in [5.41, 5.74) is 3.81. The van der Waals surface area contributed by atoms with E-state index in [0.29, 0.717) is 11.4 Å². The van der Waals surface area contributed by atoms with Gasteiger partial charge in [0.15, 0.2) is 5.69 Å². The topological polar surface area (TPSA) is 61.3 Å². The molecule has 1 aliphatic rings. The molecule has 1 aliphatic carbocycles. The standard InChI is InChI=1S/C25H22F2N2O3/c1-2-31-25(30)23-14-28-13-22(29-23)19-8-5-7-18(19)20-6-3-4-9-24(20)32-15-16-12-17(26)10-11-21(16)27/h3-4,6,9-14H,2,5,7-8,15H2,1H3. The molecule has 4 rings (SSSR count). The van der Waals surface area contributed by atoms with Gasteiger partial charge in [0.1, 0.15) is 24.0 Å². The first-order valence-electron chi connectivity index (χ1n) is 10.4. The molecule has 0 fully saturated rings. The van der Waals surface area contributed by atoms with E-state index < -0.39 is 17.6 Å². The highest BCUT2D eigenvalue weighted by Gasteiger charge is 2.22. The largest absolute Gasteiger partial charge is 0.488 e.